The molecule has 2 heterocycles. The minimum absolute atomic E-state index is 0.0283. The molecule has 22 heavy (non-hydrogen) atoms. The first kappa shape index (κ1) is 16.1. The Labute approximate surface area is 142 Å². The Balaban J connectivity index is 2.08. The van der Waals surface area contributed by atoms with Gasteiger partial charge in [-0.05, 0) is 18.2 Å². The van der Waals surface area contributed by atoms with E-state index in [-0.39, 0.29) is 28.7 Å². The summed E-state index contributed by atoms with van der Waals surface area (Å²) in [5.74, 6) is -0.220. The van der Waals surface area contributed by atoms with Gasteiger partial charge in [0.2, 0.25) is 5.91 Å². The molecule has 118 valence electrons. The molecule has 0 radical (unpaired) electrons. The Hall–Kier alpha value is -0.760. The van der Waals surface area contributed by atoms with Crippen LogP contribution in [0.25, 0.3) is 0 Å². The third-order valence-corrected chi connectivity index (χ3v) is 7.24. The van der Waals surface area contributed by atoms with Gasteiger partial charge in [-0.15, -0.1) is 0 Å². The fourth-order valence-electron chi connectivity index (χ4n) is 2.66. The molecule has 2 aliphatic heterocycles. The standard InChI is InChI=1S/C13H12Cl2N2O3S2/c1-7(18)16-13-17(10-3-2-8(14)4-9(10)15)11-5-22(19,20)6-12(11)21-13/h2-4,11-12H,5-6H2,1H3. The topological polar surface area (TPSA) is 66.8 Å². The van der Waals surface area contributed by atoms with E-state index in [2.05, 4.69) is 4.99 Å². The van der Waals surface area contributed by atoms with E-state index >= 15 is 0 Å². The molecular formula is C13H12Cl2N2O3S2. The van der Waals surface area contributed by atoms with E-state index in [1.165, 1.54) is 18.7 Å². The SMILES string of the molecule is CC(=O)N=C1SC2CS(=O)(=O)CC2N1c1ccc(Cl)cc1Cl. The second-order valence-electron chi connectivity index (χ2n) is 5.18. The maximum atomic E-state index is 11.9. The highest BCUT2D eigenvalue weighted by Gasteiger charge is 2.49. The Morgan fingerprint density at radius 3 is 2.73 bits per heavy atom. The van der Waals surface area contributed by atoms with Crippen molar-refractivity contribution >= 4 is 61.6 Å². The van der Waals surface area contributed by atoms with Gasteiger partial charge in [0.1, 0.15) is 0 Å². The van der Waals surface area contributed by atoms with E-state index < -0.39 is 9.84 Å². The Morgan fingerprint density at radius 2 is 2.09 bits per heavy atom. The molecule has 2 atom stereocenters. The molecule has 3 rings (SSSR count). The fourth-order valence-corrected chi connectivity index (χ4v) is 7.11. The predicted octanol–water partition coefficient (Wildman–Crippen LogP) is 2.61. The second kappa shape index (κ2) is 5.70. The van der Waals surface area contributed by atoms with Crippen molar-refractivity contribution in [1.82, 2.24) is 0 Å². The molecule has 0 aromatic heterocycles. The highest BCUT2D eigenvalue weighted by atomic mass is 35.5. The molecule has 2 saturated heterocycles. The first-order valence-corrected chi connectivity index (χ1v) is 9.93. The number of amidine groups is 1. The van der Waals surface area contributed by atoms with Gasteiger partial charge in [0.15, 0.2) is 15.0 Å². The zero-order valence-electron chi connectivity index (χ0n) is 11.5. The van der Waals surface area contributed by atoms with Crippen molar-refractivity contribution in [2.75, 3.05) is 16.4 Å². The first-order chi connectivity index (χ1) is 10.3. The average molecular weight is 379 g/mol. The minimum Gasteiger partial charge on any atom is -0.314 e. The van der Waals surface area contributed by atoms with Crippen LogP contribution in [0.1, 0.15) is 6.92 Å². The van der Waals surface area contributed by atoms with Crippen LogP contribution in [0.2, 0.25) is 10.0 Å². The zero-order valence-corrected chi connectivity index (χ0v) is 14.6. The molecular weight excluding hydrogens is 367 g/mol. The van der Waals surface area contributed by atoms with Crippen molar-refractivity contribution in [3.63, 3.8) is 0 Å². The molecule has 2 fully saturated rings. The van der Waals surface area contributed by atoms with Crippen LogP contribution >= 0.6 is 35.0 Å². The van der Waals surface area contributed by atoms with Crippen LogP contribution in [0.15, 0.2) is 23.2 Å². The number of aliphatic imine (C=N–C) groups is 1. The summed E-state index contributed by atoms with van der Waals surface area (Å²) in [5, 5.41) is 1.23. The summed E-state index contributed by atoms with van der Waals surface area (Å²) < 4.78 is 23.8. The maximum Gasteiger partial charge on any atom is 0.244 e. The largest absolute Gasteiger partial charge is 0.314 e. The summed E-state index contributed by atoms with van der Waals surface area (Å²) in [4.78, 5) is 17.1. The van der Waals surface area contributed by atoms with E-state index in [0.717, 1.165) is 0 Å². The van der Waals surface area contributed by atoms with Gasteiger partial charge < -0.3 is 4.90 Å². The van der Waals surface area contributed by atoms with E-state index in [9.17, 15) is 13.2 Å². The Morgan fingerprint density at radius 1 is 1.36 bits per heavy atom. The third-order valence-electron chi connectivity index (χ3n) is 3.49. The van der Waals surface area contributed by atoms with Crippen LogP contribution < -0.4 is 4.90 Å². The number of rotatable bonds is 1. The molecule has 0 spiro atoms. The Kier molecular flexibility index (Phi) is 4.18. The summed E-state index contributed by atoms with van der Waals surface area (Å²) in [5.41, 5.74) is 0.614. The molecule has 5 nitrogen and oxygen atoms in total. The first-order valence-electron chi connectivity index (χ1n) is 6.47. The van der Waals surface area contributed by atoms with Crippen LogP contribution in [0.3, 0.4) is 0 Å². The zero-order chi connectivity index (χ0) is 16.1. The third kappa shape index (κ3) is 2.99. The second-order valence-corrected chi connectivity index (χ2v) is 9.38. The monoisotopic (exact) mass is 378 g/mol. The number of hydrogen-bond donors (Lipinski definition) is 0. The van der Waals surface area contributed by atoms with Gasteiger partial charge in [0, 0.05) is 17.2 Å². The van der Waals surface area contributed by atoms with Gasteiger partial charge in [-0.3, -0.25) is 4.79 Å². The summed E-state index contributed by atoms with van der Waals surface area (Å²) >= 11 is 13.5. The smallest absolute Gasteiger partial charge is 0.244 e. The van der Waals surface area contributed by atoms with Crippen LogP contribution in [0.5, 0.6) is 0 Å². The number of sulfone groups is 1. The summed E-state index contributed by atoms with van der Waals surface area (Å²) in [6.45, 7) is 1.36. The molecule has 1 aromatic carbocycles. The van der Waals surface area contributed by atoms with Crippen molar-refractivity contribution in [2.45, 2.75) is 18.2 Å². The number of fused-ring (bicyclic) bond motifs is 1. The lowest BCUT2D eigenvalue weighted by atomic mass is 10.2. The number of halogens is 2. The highest BCUT2D eigenvalue weighted by Crippen LogP contribution is 2.43. The van der Waals surface area contributed by atoms with Gasteiger partial charge in [-0.25, -0.2) is 8.42 Å². The number of thioether (sulfide) groups is 1. The average Bonchev–Trinajstić information content (AvgIpc) is 2.81. The molecule has 0 bridgehead atoms. The molecule has 9 heteroatoms. The van der Waals surface area contributed by atoms with Crippen molar-refractivity contribution in [1.29, 1.82) is 0 Å². The summed E-state index contributed by atoms with van der Waals surface area (Å²) in [7, 11) is -3.09. The molecule has 2 aliphatic rings. The lowest BCUT2D eigenvalue weighted by molar-refractivity contribution is -0.115. The highest BCUT2D eigenvalue weighted by molar-refractivity contribution is 8.16. The summed E-state index contributed by atoms with van der Waals surface area (Å²) in [6.07, 6.45) is 0. The van der Waals surface area contributed by atoms with Gasteiger partial charge in [0.25, 0.3) is 0 Å². The van der Waals surface area contributed by atoms with E-state index in [0.29, 0.717) is 20.9 Å². The van der Waals surface area contributed by atoms with E-state index in [1.807, 2.05) is 0 Å². The van der Waals surface area contributed by atoms with Gasteiger partial charge in [-0.2, -0.15) is 4.99 Å². The lowest BCUT2D eigenvalue weighted by Crippen LogP contribution is -2.37. The number of benzene rings is 1. The van der Waals surface area contributed by atoms with Crippen LogP contribution in [-0.2, 0) is 14.6 Å². The van der Waals surface area contributed by atoms with Crippen LogP contribution in [0, 0.1) is 0 Å². The van der Waals surface area contributed by atoms with Crippen LogP contribution in [-0.4, -0.2) is 42.3 Å². The van der Waals surface area contributed by atoms with Crippen molar-refractivity contribution in [3.05, 3.63) is 28.2 Å². The van der Waals surface area contributed by atoms with Gasteiger partial charge in [0.05, 0.1) is 28.3 Å². The number of anilines is 1. The molecule has 0 N–H and O–H groups in total. The minimum atomic E-state index is -3.09. The van der Waals surface area contributed by atoms with Crippen molar-refractivity contribution < 1.29 is 13.2 Å². The van der Waals surface area contributed by atoms with Crippen LogP contribution in [0.4, 0.5) is 5.69 Å². The van der Waals surface area contributed by atoms with E-state index in [1.54, 1.807) is 23.1 Å². The number of nitrogens with zero attached hydrogens (tertiary/aromatic N) is 2. The molecule has 1 aromatic rings. The summed E-state index contributed by atoms with van der Waals surface area (Å²) in [6, 6.07) is 4.71. The number of carbonyl (C=O) groups excluding carboxylic acids is 1. The molecule has 2 unspecified atom stereocenters. The van der Waals surface area contributed by atoms with Crippen molar-refractivity contribution in [3.8, 4) is 0 Å². The number of hydrogen-bond acceptors (Lipinski definition) is 4. The molecule has 0 saturated carbocycles. The molecule has 1 amide bonds. The van der Waals surface area contributed by atoms with Gasteiger partial charge in [-0.1, -0.05) is 35.0 Å². The van der Waals surface area contributed by atoms with E-state index in [4.69, 9.17) is 23.2 Å². The van der Waals surface area contributed by atoms with Gasteiger partial charge >= 0.3 is 0 Å². The number of carbonyl (C=O) groups is 1. The van der Waals surface area contributed by atoms with Crippen molar-refractivity contribution in [2.24, 2.45) is 4.99 Å². The normalized spacial score (nSPS) is 28.1. The lowest BCUT2D eigenvalue weighted by Gasteiger charge is -2.25. The predicted molar refractivity (Wildman–Crippen MR) is 90.9 cm³/mol. The molecule has 0 aliphatic carbocycles. The maximum absolute atomic E-state index is 11.9. The quantitative estimate of drug-likeness (QED) is 0.751. The Bertz CT molecular complexity index is 779. The fraction of sp³-hybridized carbons (Fsp3) is 0.385. The number of amides is 1.